The topological polar surface area (TPSA) is 118 Å². The summed E-state index contributed by atoms with van der Waals surface area (Å²) in [5, 5.41) is 15.7. The zero-order chi connectivity index (χ0) is 21.0. The number of rotatable bonds is 6. The number of urea groups is 1. The van der Waals surface area contributed by atoms with Crippen LogP contribution in [0.25, 0.3) is 10.9 Å². The Labute approximate surface area is 167 Å². The van der Waals surface area contributed by atoms with E-state index in [0.29, 0.717) is 28.1 Å². The van der Waals surface area contributed by atoms with E-state index in [1.807, 2.05) is 26.0 Å². The summed E-state index contributed by atoms with van der Waals surface area (Å²) in [5.41, 5.74) is 1.44. The Morgan fingerprint density at radius 3 is 2.52 bits per heavy atom. The van der Waals surface area contributed by atoms with E-state index in [-0.39, 0.29) is 17.5 Å². The summed E-state index contributed by atoms with van der Waals surface area (Å²) in [6.45, 7) is 4.02. The van der Waals surface area contributed by atoms with Gasteiger partial charge in [0.1, 0.15) is 5.52 Å². The molecule has 9 nitrogen and oxygen atoms in total. The second kappa shape index (κ2) is 8.59. The average molecular weight is 397 g/mol. The van der Waals surface area contributed by atoms with Crippen LogP contribution in [0.15, 0.2) is 41.2 Å². The highest BCUT2D eigenvalue weighted by Crippen LogP contribution is 2.32. The number of hydrogen-bond donors (Lipinski definition) is 3. The lowest BCUT2D eigenvalue weighted by molar-refractivity contribution is 0.244. The Kier molecular flexibility index (Phi) is 5.96. The number of methoxy groups -OCH3 is 2. The molecule has 0 bridgehead atoms. The van der Waals surface area contributed by atoms with Gasteiger partial charge in [0.2, 0.25) is 0 Å². The third-order valence-corrected chi connectivity index (χ3v) is 4.53. The molecule has 9 heteroatoms. The standard InChI is InChI=1S/C20H23N5O4/c1-11(2)18(12-5-8-16(28-3)17(9-12)29-4)22-20(27)21-13-6-7-15-14(10-13)19(26)24-25-23-15/h5-11,18H,1-4H3,(H2,21,22,27)(H,23,24,26)/t18-/m1/s1. The van der Waals surface area contributed by atoms with Gasteiger partial charge in [-0.15, -0.1) is 5.10 Å². The molecule has 0 radical (unpaired) electrons. The molecule has 0 saturated heterocycles. The highest BCUT2D eigenvalue weighted by atomic mass is 16.5. The van der Waals surface area contributed by atoms with Crippen molar-refractivity contribution in [2.24, 2.45) is 5.92 Å². The summed E-state index contributed by atoms with van der Waals surface area (Å²) >= 11 is 0. The summed E-state index contributed by atoms with van der Waals surface area (Å²) in [4.78, 5) is 24.5. The van der Waals surface area contributed by atoms with Gasteiger partial charge < -0.3 is 20.1 Å². The molecule has 0 fully saturated rings. The van der Waals surface area contributed by atoms with Gasteiger partial charge in [-0.25, -0.2) is 9.89 Å². The summed E-state index contributed by atoms with van der Waals surface area (Å²) in [6, 6.07) is 9.74. The van der Waals surface area contributed by atoms with Gasteiger partial charge in [-0.05, 0) is 41.8 Å². The number of nitrogens with one attached hydrogen (secondary N) is 3. The van der Waals surface area contributed by atoms with E-state index in [1.165, 1.54) is 0 Å². The molecule has 0 saturated carbocycles. The summed E-state index contributed by atoms with van der Waals surface area (Å²) in [5.74, 6) is 1.33. The summed E-state index contributed by atoms with van der Waals surface area (Å²) in [6.07, 6.45) is 0. The van der Waals surface area contributed by atoms with Crippen molar-refractivity contribution in [3.8, 4) is 11.5 Å². The predicted octanol–water partition coefficient (Wildman–Crippen LogP) is 2.85. The molecule has 29 heavy (non-hydrogen) atoms. The van der Waals surface area contributed by atoms with Crippen molar-refractivity contribution in [1.82, 2.24) is 20.7 Å². The first-order chi connectivity index (χ1) is 13.9. The lowest BCUT2D eigenvalue weighted by atomic mass is 9.96. The minimum atomic E-state index is -0.392. The molecule has 1 heterocycles. The normalized spacial score (nSPS) is 11.9. The van der Waals surface area contributed by atoms with Gasteiger partial charge in [-0.3, -0.25) is 4.79 Å². The van der Waals surface area contributed by atoms with Gasteiger partial charge in [0.25, 0.3) is 5.56 Å². The molecule has 0 spiro atoms. The molecule has 3 rings (SSSR count). The molecule has 1 aromatic heterocycles. The highest BCUT2D eigenvalue weighted by molar-refractivity contribution is 5.92. The van der Waals surface area contributed by atoms with E-state index >= 15 is 0 Å². The van der Waals surface area contributed by atoms with Gasteiger partial charge in [0.05, 0.1) is 25.6 Å². The average Bonchev–Trinajstić information content (AvgIpc) is 2.72. The maximum atomic E-state index is 12.6. The monoisotopic (exact) mass is 397 g/mol. The maximum absolute atomic E-state index is 12.6. The van der Waals surface area contributed by atoms with Crippen LogP contribution < -0.4 is 25.7 Å². The summed E-state index contributed by atoms with van der Waals surface area (Å²) < 4.78 is 10.6. The number of carbonyl (C=O) groups is 1. The number of aromatic amines is 1. The Morgan fingerprint density at radius 1 is 1.07 bits per heavy atom. The maximum Gasteiger partial charge on any atom is 0.319 e. The lowest BCUT2D eigenvalue weighted by Crippen LogP contribution is -2.35. The fraction of sp³-hybridized carbons (Fsp3) is 0.300. The SMILES string of the molecule is COc1ccc([C@H](NC(=O)Nc2ccc3nn[nH]c(=O)c3c2)C(C)C)cc1OC. The van der Waals surface area contributed by atoms with Crippen molar-refractivity contribution >= 4 is 22.6 Å². The third kappa shape index (κ3) is 4.45. The molecule has 0 aliphatic rings. The molecule has 2 aromatic carbocycles. The molecular formula is C20H23N5O4. The van der Waals surface area contributed by atoms with Gasteiger partial charge in [0.15, 0.2) is 11.5 Å². The van der Waals surface area contributed by atoms with Gasteiger partial charge in [0, 0.05) is 5.69 Å². The van der Waals surface area contributed by atoms with E-state index in [2.05, 4.69) is 26.0 Å². The highest BCUT2D eigenvalue weighted by Gasteiger charge is 2.20. The number of amides is 2. The van der Waals surface area contributed by atoms with Crippen LogP contribution in [0.2, 0.25) is 0 Å². The first kappa shape index (κ1) is 20.1. The number of anilines is 1. The van der Waals surface area contributed by atoms with E-state index in [4.69, 9.17) is 9.47 Å². The molecule has 2 amide bonds. The van der Waals surface area contributed by atoms with E-state index in [0.717, 1.165) is 5.56 Å². The number of fused-ring (bicyclic) bond motifs is 1. The smallest absolute Gasteiger partial charge is 0.319 e. The Morgan fingerprint density at radius 2 is 1.83 bits per heavy atom. The largest absolute Gasteiger partial charge is 0.493 e. The minimum Gasteiger partial charge on any atom is -0.493 e. The number of H-pyrrole nitrogens is 1. The molecule has 1 atom stereocenters. The van der Waals surface area contributed by atoms with E-state index < -0.39 is 6.03 Å². The number of aromatic nitrogens is 3. The molecule has 0 aliphatic heterocycles. The number of benzene rings is 2. The molecular weight excluding hydrogens is 374 g/mol. The van der Waals surface area contributed by atoms with Crippen LogP contribution in [-0.4, -0.2) is 35.7 Å². The van der Waals surface area contributed by atoms with Crippen molar-refractivity contribution in [3.63, 3.8) is 0 Å². The fourth-order valence-corrected chi connectivity index (χ4v) is 3.06. The molecule has 3 aromatic rings. The van der Waals surface area contributed by atoms with Crippen molar-refractivity contribution in [3.05, 3.63) is 52.3 Å². The first-order valence-corrected chi connectivity index (χ1v) is 9.07. The quantitative estimate of drug-likeness (QED) is 0.589. The lowest BCUT2D eigenvalue weighted by Gasteiger charge is -2.24. The van der Waals surface area contributed by atoms with Crippen LogP contribution in [0.5, 0.6) is 11.5 Å². The minimum absolute atomic E-state index is 0.119. The van der Waals surface area contributed by atoms with Gasteiger partial charge in [-0.2, -0.15) is 0 Å². The van der Waals surface area contributed by atoms with Crippen LogP contribution in [0.1, 0.15) is 25.5 Å². The zero-order valence-electron chi connectivity index (χ0n) is 16.6. The summed E-state index contributed by atoms with van der Waals surface area (Å²) in [7, 11) is 3.14. The van der Waals surface area contributed by atoms with Crippen molar-refractivity contribution in [2.45, 2.75) is 19.9 Å². The second-order valence-electron chi connectivity index (χ2n) is 6.81. The van der Waals surface area contributed by atoms with E-state index in [9.17, 15) is 9.59 Å². The molecule has 0 aliphatic carbocycles. The van der Waals surface area contributed by atoms with Crippen molar-refractivity contribution in [2.75, 3.05) is 19.5 Å². The Bertz CT molecular complexity index is 1080. The van der Waals surface area contributed by atoms with Crippen molar-refractivity contribution < 1.29 is 14.3 Å². The van der Waals surface area contributed by atoms with Crippen LogP contribution in [0.3, 0.4) is 0 Å². The molecule has 0 unspecified atom stereocenters. The number of ether oxygens (including phenoxy) is 2. The van der Waals surface area contributed by atoms with Crippen LogP contribution in [-0.2, 0) is 0 Å². The second-order valence-corrected chi connectivity index (χ2v) is 6.81. The molecule has 3 N–H and O–H groups in total. The predicted molar refractivity (Wildman–Crippen MR) is 109 cm³/mol. The Balaban J connectivity index is 1.80. The number of hydrogen-bond acceptors (Lipinski definition) is 6. The fourth-order valence-electron chi connectivity index (χ4n) is 3.06. The first-order valence-electron chi connectivity index (χ1n) is 9.07. The van der Waals surface area contributed by atoms with Crippen molar-refractivity contribution in [1.29, 1.82) is 0 Å². The Hall–Kier alpha value is -3.62. The zero-order valence-corrected chi connectivity index (χ0v) is 16.6. The van der Waals surface area contributed by atoms with Crippen LogP contribution >= 0.6 is 0 Å². The van der Waals surface area contributed by atoms with E-state index in [1.54, 1.807) is 38.5 Å². The molecule has 152 valence electrons. The third-order valence-electron chi connectivity index (χ3n) is 4.53. The number of nitrogens with zero attached hydrogens (tertiary/aromatic N) is 2. The van der Waals surface area contributed by atoms with Crippen LogP contribution in [0, 0.1) is 5.92 Å². The number of carbonyl (C=O) groups excluding carboxylic acids is 1. The van der Waals surface area contributed by atoms with Gasteiger partial charge in [-0.1, -0.05) is 25.1 Å². The van der Waals surface area contributed by atoms with Crippen LogP contribution in [0.4, 0.5) is 10.5 Å². The van der Waals surface area contributed by atoms with Gasteiger partial charge >= 0.3 is 6.03 Å².